The first kappa shape index (κ1) is 17.4. The van der Waals surface area contributed by atoms with Crippen molar-refractivity contribution < 1.29 is 9.47 Å². The van der Waals surface area contributed by atoms with Crippen LogP contribution < -0.4 is 14.4 Å². The van der Waals surface area contributed by atoms with E-state index < -0.39 is 0 Å². The van der Waals surface area contributed by atoms with Crippen molar-refractivity contribution in [2.45, 2.75) is 18.4 Å². The van der Waals surface area contributed by atoms with Gasteiger partial charge >= 0.3 is 0 Å². The molecule has 1 aromatic carbocycles. The monoisotopic (exact) mass is 358 g/mol. The summed E-state index contributed by atoms with van der Waals surface area (Å²) >= 11 is 1.69. The van der Waals surface area contributed by atoms with Gasteiger partial charge < -0.3 is 14.4 Å². The number of benzene rings is 1. The Morgan fingerprint density at radius 3 is 2.56 bits per heavy atom. The lowest BCUT2D eigenvalue weighted by Crippen LogP contribution is -2.19. The lowest BCUT2D eigenvalue weighted by molar-refractivity contribution is 0.353. The van der Waals surface area contributed by atoms with Gasteiger partial charge in [-0.25, -0.2) is 9.50 Å². The SMILES string of the molecule is COc1cc(CN(C)c2nccn3nc(C)cc23)c(SC)cc1OC. The molecule has 0 radical (unpaired) electrons. The highest BCUT2D eigenvalue weighted by Crippen LogP contribution is 2.35. The first-order chi connectivity index (χ1) is 12.1. The molecule has 0 atom stereocenters. The number of methoxy groups -OCH3 is 2. The summed E-state index contributed by atoms with van der Waals surface area (Å²) in [6, 6.07) is 6.09. The highest BCUT2D eigenvalue weighted by molar-refractivity contribution is 7.98. The Morgan fingerprint density at radius 2 is 1.88 bits per heavy atom. The molecule has 0 fully saturated rings. The van der Waals surface area contributed by atoms with Crippen molar-refractivity contribution in [3.05, 3.63) is 41.9 Å². The van der Waals surface area contributed by atoms with Crippen LogP contribution in [0.3, 0.4) is 0 Å². The largest absolute Gasteiger partial charge is 0.493 e. The predicted molar refractivity (Wildman–Crippen MR) is 101 cm³/mol. The Kier molecular flexibility index (Phi) is 5.03. The van der Waals surface area contributed by atoms with Gasteiger partial charge in [0.25, 0.3) is 0 Å². The maximum absolute atomic E-state index is 5.45. The van der Waals surface area contributed by atoms with Crippen molar-refractivity contribution in [3.63, 3.8) is 0 Å². The highest BCUT2D eigenvalue weighted by atomic mass is 32.2. The van der Waals surface area contributed by atoms with Crippen LogP contribution in [-0.4, -0.2) is 42.1 Å². The van der Waals surface area contributed by atoms with E-state index in [1.807, 2.05) is 42.9 Å². The normalized spacial score (nSPS) is 10.9. The number of hydrogen-bond donors (Lipinski definition) is 0. The minimum absolute atomic E-state index is 0.702. The van der Waals surface area contributed by atoms with Crippen LogP contribution in [0.1, 0.15) is 11.3 Å². The van der Waals surface area contributed by atoms with Crippen LogP contribution in [0, 0.1) is 6.92 Å². The summed E-state index contributed by atoms with van der Waals surface area (Å²) in [6.45, 7) is 2.68. The van der Waals surface area contributed by atoms with Gasteiger partial charge in [-0.3, -0.25) is 0 Å². The van der Waals surface area contributed by atoms with E-state index in [4.69, 9.17) is 9.47 Å². The molecule has 0 aliphatic heterocycles. The molecule has 0 saturated heterocycles. The Morgan fingerprint density at radius 1 is 1.16 bits per heavy atom. The summed E-state index contributed by atoms with van der Waals surface area (Å²) in [4.78, 5) is 7.83. The fourth-order valence-corrected chi connectivity index (χ4v) is 3.48. The zero-order valence-corrected chi connectivity index (χ0v) is 15.9. The van der Waals surface area contributed by atoms with Gasteiger partial charge in [0.15, 0.2) is 17.3 Å². The molecule has 0 amide bonds. The lowest BCUT2D eigenvalue weighted by Gasteiger charge is -2.21. The van der Waals surface area contributed by atoms with Gasteiger partial charge in [0.05, 0.1) is 19.9 Å². The molecule has 25 heavy (non-hydrogen) atoms. The molecule has 3 rings (SSSR count). The van der Waals surface area contributed by atoms with E-state index in [0.717, 1.165) is 39.0 Å². The third-order valence-electron chi connectivity index (χ3n) is 4.05. The van der Waals surface area contributed by atoms with Crippen molar-refractivity contribution >= 4 is 23.1 Å². The van der Waals surface area contributed by atoms with E-state index in [-0.39, 0.29) is 0 Å². The Balaban J connectivity index is 1.98. The number of aromatic nitrogens is 3. The number of aryl methyl sites for hydroxylation is 1. The van der Waals surface area contributed by atoms with Gasteiger partial charge in [-0.1, -0.05) is 0 Å². The average molecular weight is 358 g/mol. The Labute approximate surface area is 151 Å². The number of hydrogen-bond acceptors (Lipinski definition) is 6. The van der Waals surface area contributed by atoms with Gasteiger partial charge in [-0.15, -0.1) is 11.8 Å². The van der Waals surface area contributed by atoms with Gasteiger partial charge in [0.1, 0.15) is 5.52 Å². The zero-order chi connectivity index (χ0) is 18.0. The summed E-state index contributed by atoms with van der Waals surface area (Å²) in [5.74, 6) is 2.37. The molecule has 0 aliphatic rings. The third kappa shape index (κ3) is 3.37. The summed E-state index contributed by atoms with van der Waals surface area (Å²) in [5.41, 5.74) is 3.12. The van der Waals surface area contributed by atoms with Crippen molar-refractivity contribution in [2.24, 2.45) is 0 Å². The third-order valence-corrected chi connectivity index (χ3v) is 4.87. The molecule has 2 aromatic heterocycles. The number of rotatable bonds is 6. The van der Waals surface area contributed by atoms with E-state index in [1.54, 1.807) is 32.2 Å². The molecule has 0 saturated carbocycles. The van der Waals surface area contributed by atoms with Crippen molar-refractivity contribution in [3.8, 4) is 11.5 Å². The fourth-order valence-electron chi connectivity index (χ4n) is 2.87. The molecule has 0 N–H and O–H groups in total. The van der Waals surface area contributed by atoms with Crippen LogP contribution in [0.25, 0.3) is 5.52 Å². The lowest BCUT2D eigenvalue weighted by atomic mass is 10.2. The van der Waals surface area contributed by atoms with Crippen LogP contribution in [-0.2, 0) is 6.54 Å². The van der Waals surface area contributed by atoms with Crippen molar-refractivity contribution in [2.75, 3.05) is 32.4 Å². The second-order valence-corrected chi connectivity index (χ2v) is 6.59. The molecule has 0 unspecified atom stereocenters. The molecule has 0 bridgehead atoms. The molecule has 132 valence electrons. The average Bonchev–Trinajstić information content (AvgIpc) is 3.01. The van der Waals surface area contributed by atoms with Crippen LogP contribution in [0.5, 0.6) is 11.5 Å². The second kappa shape index (κ2) is 7.23. The van der Waals surface area contributed by atoms with Crippen LogP contribution in [0.15, 0.2) is 35.5 Å². The van der Waals surface area contributed by atoms with E-state index in [1.165, 1.54) is 0 Å². The van der Waals surface area contributed by atoms with Crippen molar-refractivity contribution in [1.82, 2.24) is 14.6 Å². The molecule has 2 heterocycles. The van der Waals surface area contributed by atoms with E-state index in [2.05, 4.69) is 21.2 Å². The maximum atomic E-state index is 5.45. The second-order valence-electron chi connectivity index (χ2n) is 5.74. The van der Waals surface area contributed by atoms with E-state index in [0.29, 0.717) is 6.54 Å². The smallest absolute Gasteiger partial charge is 0.161 e. The summed E-state index contributed by atoms with van der Waals surface area (Å²) < 4.78 is 12.7. The fraction of sp³-hybridized carbons (Fsp3) is 0.333. The molecule has 7 heteroatoms. The highest BCUT2D eigenvalue weighted by Gasteiger charge is 2.15. The molecular weight excluding hydrogens is 336 g/mol. The van der Waals surface area contributed by atoms with Crippen LogP contribution in [0.4, 0.5) is 5.82 Å². The quantitative estimate of drug-likeness (QED) is 0.630. The molecule has 0 aliphatic carbocycles. The number of ether oxygens (including phenoxy) is 2. The number of thioether (sulfide) groups is 1. The zero-order valence-electron chi connectivity index (χ0n) is 15.1. The maximum Gasteiger partial charge on any atom is 0.161 e. The van der Waals surface area contributed by atoms with Gasteiger partial charge in [0.2, 0.25) is 0 Å². The first-order valence-electron chi connectivity index (χ1n) is 7.88. The van der Waals surface area contributed by atoms with Gasteiger partial charge in [0, 0.05) is 30.9 Å². The first-order valence-corrected chi connectivity index (χ1v) is 9.11. The number of nitrogens with zero attached hydrogens (tertiary/aromatic N) is 4. The topological polar surface area (TPSA) is 51.9 Å². The Bertz CT molecular complexity index is 894. The molecule has 6 nitrogen and oxygen atoms in total. The summed E-state index contributed by atoms with van der Waals surface area (Å²) in [6.07, 6.45) is 5.70. The molecule has 0 spiro atoms. The van der Waals surface area contributed by atoms with Gasteiger partial charge in [-0.05, 0) is 36.9 Å². The number of fused-ring (bicyclic) bond motifs is 1. The Hall–Kier alpha value is -2.41. The van der Waals surface area contributed by atoms with Crippen LogP contribution >= 0.6 is 11.8 Å². The standard InChI is InChI=1S/C18H22N4O2S/c1-12-8-14-18(19-6-7-22(14)20-12)21(2)11-13-9-15(23-3)16(24-4)10-17(13)25-5/h6-10H,11H2,1-5H3. The minimum atomic E-state index is 0.702. The predicted octanol–water partition coefficient (Wildman–Crippen LogP) is 3.41. The minimum Gasteiger partial charge on any atom is -0.493 e. The van der Waals surface area contributed by atoms with Gasteiger partial charge in [-0.2, -0.15) is 5.10 Å². The molecule has 3 aromatic rings. The number of anilines is 1. The summed E-state index contributed by atoms with van der Waals surface area (Å²) in [5, 5.41) is 4.46. The van der Waals surface area contributed by atoms with Crippen molar-refractivity contribution in [1.29, 1.82) is 0 Å². The van der Waals surface area contributed by atoms with E-state index in [9.17, 15) is 0 Å². The van der Waals surface area contributed by atoms with E-state index >= 15 is 0 Å². The molecular formula is C18H22N4O2S. The van der Waals surface area contributed by atoms with Crippen LogP contribution in [0.2, 0.25) is 0 Å². The summed E-state index contributed by atoms with van der Waals surface area (Å²) in [7, 11) is 5.34.